The van der Waals surface area contributed by atoms with Gasteiger partial charge < -0.3 is 19.8 Å². The van der Waals surface area contributed by atoms with Crippen LogP contribution in [-0.2, 0) is 13.0 Å². The van der Waals surface area contributed by atoms with E-state index >= 15 is 0 Å². The molecule has 120 valence electrons. The zero-order valence-corrected chi connectivity index (χ0v) is 13.6. The molecule has 3 aromatic rings. The highest BCUT2D eigenvalue weighted by Gasteiger charge is 2.10. The summed E-state index contributed by atoms with van der Waals surface area (Å²) in [6, 6.07) is 14.4. The summed E-state index contributed by atoms with van der Waals surface area (Å²) >= 11 is 0. The third-order valence-electron chi connectivity index (χ3n) is 4.10. The summed E-state index contributed by atoms with van der Waals surface area (Å²) < 4.78 is 12.8. The summed E-state index contributed by atoms with van der Waals surface area (Å²) in [4.78, 5) is 0. The van der Waals surface area contributed by atoms with Gasteiger partial charge in [0.25, 0.3) is 0 Å². The van der Waals surface area contributed by atoms with E-state index in [-0.39, 0.29) is 0 Å². The number of fused-ring (bicyclic) bond motifs is 1. The molecule has 0 bridgehead atoms. The van der Waals surface area contributed by atoms with E-state index in [1.807, 2.05) is 18.2 Å². The molecule has 1 heterocycles. The number of benzene rings is 2. The van der Waals surface area contributed by atoms with Crippen molar-refractivity contribution in [3.8, 4) is 11.5 Å². The second kappa shape index (κ2) is 6.75. The average Bonchev–Trinajstić information content (AvgIpc) is 2.93. The summed E-state index contributed by atoms with van der Waals surface area (Å²) in [5, 5.41) is 1.21. The van der Waals surface area contributed by atoms with Crippen LogP contribution in [0, 0.1) is 0 Å². The molecule has 0 radical (unpaired) electrons. The maximum Gasteiger partial charge on any atom is 0.119 e. The monoisotopic (exact) mass is 310 g/mol. The van der Waals surface area contributed by atoms with E-state index in [1.165, 1.54) is 22.0 Å². The second-order valence-corrected chi connectivity index (χ2v) is 5.55. The van der Waals surface area contributed by atoms with Crippen LogP contribution in [-0.4, -0.2) is 25.3 Å². The van der Waals surface area contributed by atoms with E-state index in [9.17, 15) is 0 Å². The van der Waals surface area contributed by atoms with Gasteiger partial charge in [0.2, 0.25) is 0 Å². The fourth-order valence-corrected chi connectivity index (χ4v) is 2.89. The van der Waals surface area contributed by atoms with E-state index in [0.717, 1.165) is 24.5 Å². The zero-order valence-electron chi connectivity index (χ0n) is 13.6. The second-order valence-electron chi connectivity index (χ2n) is 5.55. The zero-order chi connectivity index (χ0) is 16.2. The number of nitrogens with two attached hydrogens (primary N) is 1. The smallest absolute Gasteiger partial charge is 0.119 e. The van der Waals surface area contributed by atoms with Crippen LogP contribution in [0.1, 0.15) is 11.1 Å². The Kier molecular flexibility index (Phi) is 4.53. The van der Waals surface area contributed by atoms with Crippen LogP contribution >= 0.6 is 0 Å². The van der Waals surface area contributed by atoms with E-state index in [2.05, 4.69) is 35.0 Å². The molecule has 3 rings (SSSR count). The summed E-state index contributed by atoms with van der Waals surface area (Å²) in [6.07, 6.45) is 3.06. The predicted molar refractivity (Wildman–Crippen MR) is 93.3 cm³/mol. The largest absolute Gasteiger partial charge is 0.497 e. The van der Waals surface area contributed by atoms with Crippen molar-refractivity contribution in [1.29, 1.82) is 0 Å². The molecule has 4 heteroatoms. The minimum absolute atomic E-state index is 0.638. The Labute approximate surface area is 136 Å². The van der Waals surface area contributed by atoms with Gasteiger partial charge in [-0.2, -0.15) is 0 Å². The lowest BCUT2D eigenvalue weighted by atomic mass is 10.1. The van der Waals surface area contributed by atoms with E-state index < -0.39 is 0 Å². The Hall–Kier alpha value is -2.46. The van der Waals surface area contributed by atoms with Crippen molar-refractivity contribution in [2.75, 3.05) is 20.8 Å². The Balaban J connectivity index is 1.98. The Morgan fingerprint density at radius 2 is 1.65 bits per heavy atom. The lowest BCUT2D eigenvalue weighted by molar-refractivity contribution is 0.414. The van der Waals surface area contributed by atoms with Gasteiger partial charge in [-0.15, -0.1) is 0 Å². The van der Waals surface area contributed by atoms with Crippen LogP contribution in [0.15, 0.2) is 48.7 Å². The van der Waals surface area contributed by atoms with Gasteiger partial charge in [-0.3, -0.25) is 0 Å². The van der Waals surface area contributed by atoms with Crippen LogP contribution in [0.5, 0.6) is 11.5 Å². The van der Waals surface area contributed by atoms with Crippen molar-refractivity contribution in [1.82, 2.24) is 4.57 Å². The molecular formula is C19H22N2O2. The highest BCUT2D eigenvalue weighted by Crippen LogP contribution is 2.27. The first-order valence-corrected chi connectivity index (χ1v) is 7.74. The third kappa shape index (κ3) is 3.17. The number of aromatic nitrogens is 1. The number of ether oxygens (including phenoxy) is 2. The topological polar surface area (TPSA) is 49.4 Å². The molecule has 2 N–H and O–H groups in total. The van der Waals surface area contributed by atoms with Gasteiger partial charge in [-0.25, -0.2) is 0 Å². The number of hydrogen-bond donors (Lipinski definition) is 1. The molecule has 0 saturated heterocycles. The van der Waals surface area contributed by atoms with Crippen molar-refractivity contribution in [2.24, 2.45) is 5.73 Å². The molecule has 0 aliphatic heterocycles. The predicted octanol–water partition coefficient (Wildman–Crippen LogP) is 3.21. The number of nitrogens with zero attached hydrogens (tertiary/aromatic N) is 1. The molecule has 0 spiro atoms. The minimum Gasteiger partial charge on any atom is -0.497 e. The quantitative estimate of drug-likeness (QED) is 0.760. The molecule has 0 amide bonds. The lowest BCUT2D eigenvalue weighted by Crippen LogP contribution is -2.02. The van der Waals surface area contributed by atoms with Crippen LogP contribution in [0.2, 0.25) is 0 Å². The lowest BCUT2D eigenvalue weighted by Gasteiger charge is -2.07. The van der Waals surface area contributed by atoms with Crippen molar-refractivity contribution >= 4 is 10.9 Å². The summed E-state index contributed by atoms with van der Waals surface area (Å²) in [7, 11) is 3.37. The Bertz CT molecular complexity index is 791. The minimum atomic E-state index is 0.638. The number of rotatable bonds is 6. The first-order chi connectivity index (χ1) is 11.2. The third-order valence-corrected chi connectivity index (χ3v) is 4.10. The summed E-state index contributed by atoms with van der Waals surface area (Å²) in [6.45, 7) is 1.45. The van der Waals surface area contributed by atoms with Crippen LogP contribution < -0.4 is 15.2 Å². The average molecular weight is 310 g/mol. The molecule has 0 aliphatic carbocycles. The maximum absolute atomic E-state index is 5.76. The molecule has 0 atom stereocenters. The van der Waals surface area contributed by atoms with Crippen LogP contribution in [0.25, 0.3) is 10.9 Å². The Morgan fingerprint density at radius 3 is 2.30 bits per heavy atom. The molecular weight excluding hydrogens is 288 g/mol. The molecule has 0 fully saturated rings. The molecule has 4 nitrogen and oxygen atoms in total. The maximum atomic E-state index is 5.76. The van der Waals surface area contributed by atoms with Crippen molar-refractivity contribution in [2.45, 2.75) is 13.0 Å². The van der Waals surface area contributed by atoms with Gasteiger partial charge in [0.15, 0.2) is 0 Å². The standard InChI is InChI=1S/C19H22N2O2/c1-22-16-5-3-14(4-6-16)12-21-13-15(9-10-20)18-11-17(23-2)7-8-19(18)21/h3-8,11,13H,9-10,12,20H2,1-2H3. The summed E-state index contributed by atoms with van der Waals surface area (Å²) in [5.41, 5.74) is 9.45. The molecule has 2 aromatic carbocycles. The molecule has 0 aliphatic rings. The van der Waals surface area contributed by atoms with Crippen molar-refractivity contribution < 1.29 is 9.47 Å². The first-order valence-electron chi connectivity index (χ1n) is 7.74. The van der Waals surface area contributed by atoms with E-state index in [0.29, 0.717) is 6.54 Å². The SMILES string of the molecule is COc1ccc(Cn2cc(CCN)c3cc(OC)ccc32)cc1. The molecule has 0 unspecified atom stereocenters. The fourth-order valence-electron chi connectivity index (χ4n) is 2.89. The van der Waals surface area contributed by atoms with Gasteiger partial charge in [0.1, 0.15) is 11.5 Å². The highest BCUT2D eigenvalue weighted by atomic mass is 16.5. The van der Waals surface area contributed by atoms with Gasteiger partial charge in [-0.05, 0) is 54.4 Å². The van der Waals surface area contributed by atoms with Crippen LogP contribution in [0.4, 0.5) is 0 Å². The molecule has 0 saturated carbocycles. The van der Waals surface area contributed by atoms with Gasteiger partial charge in [0.05, 0.1) is 14.2 Å². The van der Waals surface area contributed by atoms with Crippen molar-refractivity contribution in [3.63, 3.8) is 0 Å². The molecule has 23 heavy (non-hydrogen) atoms. The van der Waals surface area contributed by atoms with E-state index in [1.54, 1.807) is 14.2 Å². The Morgan fingerprint density at radius 1 is 0.957 bits per heavy atom. The normalized spacial score (nSPS) is 10.9. The highest BCUT2D eigenvalue weighted by molar-refractivity contribution is 5.85. The van der Waals surface area contributed by atoms with Gasteiger partial charge >= 0.3 is 0 Å². The summed E-state index contributed by atoms with van der Waals surface area (Å²) in [5.74, 6) is 1.75. The van der Waals surface area contributed by atoms with Crippen LogP contribution in [0.3, 0.4) is 0 Å². The first kappa shape index (κ1) is 15.4. The van der Waals surface area contributed by atoms with Crippen molar-refractivity contribution in [3.05, 3.63) is 59.8 Å². The van der Waals surface area contributed by atoms with Gasteiger partial charge in [0, 0.05) is 23.6 Å². The number of hydrogen-bond acceptors (Lipinski definition) is 3. The molecule has 1 aromatic heterocycles. The number of methoxy groups -OCH3 is 2. The fraction of sp³-hybridized carbons (Fsp3) is 0.263. The van der Waals surface area contributed by atoms with E-state index in [4.69, 9.17) is 15.2 Å². The van der Waals surface area contributed by atoms with Gasteiger partial charge in [-0.1, -0.05) is 12.1 Å².